The topological polar surface area (TPSA) is 18.5 Å². The Morgan fingerprint density at radius 1 is 1.20 bits per heavy atom. The Morgan fingerprint density at radius 3 is 2.00 bits per heavy atom. The number of hydrogen-bond donors (Lipinski definition) is 0. The molecule has 0 aliphatic rings. The molecule has 0 unspecified atom stereocenters. The highest BCUT2D eigenvalue weighted by molar-refractivity contribution is 9.09. The van der Waals surface area contributed by atoms with Gasteiger partial charge in [0, 0.05) is 18.5 Å². The van der Waals surface area contributed by atoms with E-state index in [1.807, 2.05) is 13.8 Å². The van der Waals surface area contributed by atoms with Crippen molar-refractivity contribution in [3.8, 4) is 0 Å². The van der Waals surface area contributed by atoms with Crippen molar-refractivity contribution in [2.24, 2.45) is 0 Å². The Bertz CT molecular complexity index is 58.5. The Labute approximate surface area is 72.9 Å². The molecule has 0 N–H and O–H groups in total. The lowest BCUT2D eigenvalue weighted by molar-refractivity contribution is 0.215. The first kappa shape index (κ1) is 10.6. The van der Waals surface area contributed by atoms with Gasteiger partial charge in [0.2, 0.25) is 0 Å². The standard InChI is InChI=1S/C6H15BrO2Si/c1-3-8-10(6-5-7)9-4-2/h10H,3-6H2,1-2H3. The van der Waals surface area contributed by atoms with Gasteiger partial charge in [0.15, 0.2) is 0 Å². The van der Waals surface area contributed by atoms with Crippen LogP contribution in [0.1, 0.15) is 13.8 Å². The molecule has 0 aromatic carbocycles. The Balaban J connectivity index is 3.30. The van der Waals surface area contributed by atoms with Gasteiger partial charge in [0.25, 0.3) is 0 Å². The van der Waals surface area contributed by atoms with Crippen molar-refractivity contribution in [1.82, 2.24) is 0 Å². The zero-order chi connectivity index (χ0) is 7.82. The molecule has 4 heteroatoms. The molecule has 0 heterocycles. The summed E-state index contributed by atoms with van der Waals surface area (Å²) in [5.74, 6) is 0. The average molecular weight is 227 g/mol. The van der Waals surface area contributed by atoms with Gasteiger partial charge in [0.05, 0.1) is 0 Å². The largest absolute Gasteiger partial charge is 0.397 e. The highest BCUT2D eigenvalue weighted by Crippen LogP contribution is 1.99. The zero-order valence-electron chi connectivity index (χ0n) is 6.60. The maximum atomic E-state index is 5.41. The van der Waals surface area contributed by atoms with E-state index in [1.54, 1.807) is 0 Å². The van der Waals surface area contributed by atoms with Gasteiger partial charge < -0.3 is 8.85 Å². The summed E-state index contributed by atoms with van der Waals surface area (Å²) in [6.45, 7) is 5.58. The fourth-order valence-electron chi connectivity index (χ4n) is 0.676. The van der Waals surface area contributed by atoms with Crippen LogP contribution in [-0.4, -0.2) is 27.8 Å². The molecular formula is C6H15BrO2Si. The molecule has 0 aliphatic heterocycles. The summed E-state index contributed by atoms with van der Waals surface area (Å²) in [6, 6.07) is 1.06. The third kappa shape index (κ3) is 5.41. The third-order valence-corrected chi connectivity index (χ3v) is 4.52. The lowest BCUT2D eigenvalue weighted by atomic mass is 10.9. The summed E-state index contributed by atoms with van der Waals surface area (Å²) in [5, 5.41) is 0.990. The Kier molecular flexibility index (Phi) is 8.20. The minimum atomic E-state index is -1.28. The molecule has 0 amide bonds. The van der Waals surface area contributed by atoms with Crippen LogP contribution in [0.5, 0.6) is 0 Å². The average Bonchev–Trinajstić information content (AvgIpc) is 1.90. The molecule has 2 nitrogen and oxygen atoms in total. The van der Waals surface area contributed by atoms with Gasteiger partial charge in [-0.1, -0.05) is 15.9 Å². The second-order valence-corrected chi connectivity index (χ2v) is 4.71. The van der Waals surface area contributed by atoms with Gasteiger partial charge in [-0.25, -0.2) is 0 Å². The van der Waals surface area contributed by atoms with E-state index in [9.17, 15) is 0 Å². The van der Waals surface area contributed by atoms with Gasteiger partial charge in [-0.15, -0.1) is 0 Å². The van der Waals surface area contributed by atoms with Crippen LogP contribution in [0.2, 0.25) is 6.04 Å². The molecule has 62 valence electrons. The minimum Gasteiger partial charge on any atom is -0.397 e. The third-order valence-electron chi connectivity index (χ3n) is 1.05. The predicted octanol–water partition coefficient (Wildman–Crippen LogP) is 1.67. The van der Waals surface area contributed by atoms with E-state index in [0.717, 1.165) is 24.6 Å². The van der Waals surface area contributed by atoms with E-state index in [1.165, 1.54) is 0 Å². The number of alkyl halides is 1. The van der Waals surface area contributed by atoms with Gasteiger partial charge in [-0.3, -0.25) is 0 Å². The van der Waals surface area contributed by atoms with E-state index in [2.05, 4.69) is 15.9 Å². The Hall–Kier alpha value is 0.617. The van der Waals surface area contributed by atoms with E-state index in [-0.39, 0.29) is 0 Å². The second kappa shape index (κ2) is 7.72. The summed E-state index contributed by atoms with van der Waals surface area (Å²) in [5.41, 5.74) is 0. The van der Waals surface area contributed by atoms with Crippen LogP contribution in [0.15, 0.2) is 0 Å². The normalized spacial score (nSPS) is 10.8. The van der Waals surface area contributed by atoms with Crippen molar-refractivity contribution >= 4 is 25.2 Å². The molecule has 0 saturated heterocycles. The molecule has 0 fully saturated rings. The van der Waals surface area contributed by atoms with Gasteiger partial charge in [-0.05, 0) is 19.9 Å². The van der Waals surface area contributed by atoms with Crippen LogP contribution >= 0.6 is 15.9 Å². The molecule has 0 saturated carbocycles. The predicted molar refractivity (Wildman–Crippen MR) is 49.0 cm³/mol. The number of hydrogen-bond acceptors (Lipinski definition) is 2. The zero-order valence-corrected chi connectivity index (χ0v) is 9.34. The Morgan fingerprint density at radius 2 is 1.70 bits per heavy atom. The first-order chi connectivity index (χ1) is 4.85. The maximum absolute atomic E-state index is 5.41. The molecule has 0 aromatic rings. The van der Waals surface area contributed by atoms with Crippen LogP contribution in [0.3, 0.4) is 0 Å². The molecule has 0 rings (SSSR count). The lowest BCUT2D eigenvalue weighted by Crippen LogP contribution is -2.22. The minimum absolute atomic E-state index is 0.782. The number of halogens is 1. The fraction of sp³-hybridized carbons (Fsp3) is 1.00. The van der Waals surface area contributed by atoms with Crippen LogP contribution in [0.4, 0.5) is 0 Å². The number of rotatable bonds is 6. The molecule has 0 aromatic heterocycles. The van der Waals surface area contributed by atoms with Crippen LogP contribution in [0, 0.1) is 0 Å². The van der Waals surface area contributed by atoms with Crippen molar-refractivity contribution in [2.45, 2.75) is 19.9 Å². The van der Waals surface area contributed by atoms with Crippen molar-refractivity contribution in [2.75, 3.05) is 18.5 Å². The summed E-state index contributed by atoms with van der Waals surface area (Å²) in [4.78, 5) is 0. The van der Waals surface area contributed by atoms with Gasteiger partial charge in [0.1, 0.15) is 0 Å². The summed E-state index contributed by atoms with van der Waals surface area (Å²) >= 11 is 3.36. The molecule has 0 radical (unpaired) electrons. The first-order valence-electron chi connectivity index (χ1n) is 3.64. The molecule has 0 bridgehead atoms. The molecule has 0 aliphatic carbocycles. The first-order valence-corrected chi connectivity index (χ1v) is 6.52. The highest BCUT2D eigenvalue weighted by Gasteiger charge is 2.09. The summed E-state index contributed by atoms with van der Waals surface area (Å²) in [6.07, 6.45) is 0. The lowest BCUT2D eigenvalue weighted by Gasteiger charge is -2.12. The highest BCUT2D eigenvalue weighted by atomic mass is 79.9. The van der Waals surface area contributed by atoms with Crippen molar-refractivity contribution in [1.29, 1.82) is 0 Å². The smallest absolute Gasteiger partial charge is 0.322 e. The quantitative estimate of drug-likeness (QED) is 0.507. The molecular weight excluding hydrogens is 212 g/mol. The van der Waals surface area contributed by atoms with E-state index in [4.69, 9.17) is 8.85 Å². The SMILES string of the molecule is CCO[SiH](CCBr)OCC. The second-order valence-electron chi connectivity index (χ2n) is 1.82. The van der Waals surface area contributed by atoms with Gasteiger partial charge in [-0.2, -0.15) is 0 Å². The van der Waals surface area contributed by atoms with Crippen molar-refractivity contribution in [3.05, 3.63) is 0 Å². The molecule has 0 atom stereocenters. The van der Waals surface area contributed by atoms with Crippen molar-refractivity contribution in [3.63, 3.8) is 0 Å². The van der Waals surface area contributed by atoms with E-state index >= 15 is 0 Å². The van der Waals surface area contributed by atoms with Crippen molar-refractivity contribution < 1.29 is 8.85 Å². The summed E-state index contributed by atoms with van der Waals surface area (Å²) < 4.78 is 10.8. The van der Waals surface area contributed by atoms with Gasteiger partial charge >= 0.3 is 9.28 Å². The van der Waals surface area contributed by atoms with E-state index in [0.29, 0.717) is 0 Å². The van der Waals surface area contributed by atoms with Crippen LogP contribution < -0.4 is 0 Å². The molecule has 10 heavy (non-hydrogen) atoms. The molecule has 0 spiro atoms. The monoisotopic (exact) mass is 226 g/mol. The fourth-order valence-corrected chi connectivity index (χ4v) is 3.15. The van der Waals surface area contributed by atoms with Crippen LogP contribution in [0.25, 0.3) is 0 Å². The summed E-state index contributed by atoms with van der Waals surface area (Å²) in [7, 11) is -1.28. The van der Waals surface area contributed by atoms with E-state index < -0.39 is 9.28 Å². The maximum Gasteiger partial charge on any atom is 0.322 e. The van der Waals surface area contributed by atoms with Crippen LogP contribution in [-0.2, 0) is 8.85 Å².